The number of fused-ring (bicyclic) bond motifs is 1. The Morgan fingerprint density at radius 3 is 2.75 bits per heavy atom. The third-order valence-electron chi connectivity index (χ3n) is 4.09. The summed E-state index contributed by atoms with van der Waals surface area (Å²) < 4.78 is 17.1. The number of benzene rings is 1. The molecule has 0 amide bonds. The molecule has 1 fully saturated rings. The lowest BCUT2D eigenvalue weighted by atomic mass is 9.96. The molecular formula is C16H23NO3. The smallest absolute Gasteiger partial charge is 0.161 e. The molecule has 0 aliphatic carbocycles. The summed E-state index contributed by atoms with van der Waals surface area (Å²) >= 11 is 0. The third kappa shape index (κ3) is 3.07. The van der Waals surface area contributed by atoms with Gasteiger partial charge in [-0.15, -0.1) is 0 Å². The predicted octanol–water partition coefficient (Wildman–Crippen LogP) is 2.68. The first-order valence-corrected chi connectivity index (χ1v) is 7.55. The minimum Gasteiger partial charge on any atom is -0.486 e. The molecule has 2 atom stereocenters. The van der Waals surface area contributed by atoms with Crippen LogP contribution in [0.4, 0.5) is 0 Å². The van der Waals surface area contributed by atoms with Crippen LogP contribution in [0.15, 0.2) is 18.2 Å². The van der Waals surface area contributed by atoms with Crippen LogP contribution in [0.3, 0.4) is 0 Å². The number of nitrogens with one attached hydrogen (secondary N) is 1. The van der Waals surface area contributed by atoms with Crippen molar-refractivity contribution in [3.63, 3.8) is 0 Å². The minimum absolute atomic E-state index is 0.300. The zero-order chi connectivity index (χ0) is 13.8. The third-order valence-corrected chi connectivity index (χ3v) is 4.09. The Balaban J connectivity index is 1.71. The van der Waals surface area contributed by atoms with Crippen LogP contribution >= 0.6 is 0 Å². The summed E-state index contributed by atoms with van der Waals surface area (Å²) in [6.45, 7) is 2.17. The van der Waals surface area contributed by atoms with Gasteiger partial charge in [0.15, 0.2) is 11.5 Å². The summed E-state index contributed by atoms with van der Waals surface area (Å²) in [6, 6.07) is 6.53. The van der Waals surface area contributed by atoms with Crippen molar-refractivity contribution in [2.45, 2.75) is 37.8 Å². The molecule has 0 saturated carbocycles. The predicted molar refractivity (Wildman–Crippen MR) is 77.4 cm³/mol. The topological polar surface area (TPSA) is 39.7 Å². The van der Waals surface area contributed by atoms with Gasteiger partial charge in [0.25, 0.3) is 0 Å². The fourth-order valence-corrected chi connectivity index (χ4v) is 2.95. The highest BCUT2D eigenvalue weighted by Gasteiger charge is 2.21. The second-order valence-corrected chi connectivity index (χ2v) is 5.47. The number of hydrogen-bond donors (Lipinski definition) is 1. The monoisotopic (exact) mass is 277 g/mol. The van der Waals surface area contributed by atoms with Crippen LogP contribution in [0.5, 0.6) is 11.5 Å². The van der Waals surface area contributed by atoms with Crippen molar-refractivity contribution >= 4 is 0 Å². The zero-order valence-corrected chi connectivity index (χ0v) is 12.1. The lowest BCUT2D eigenvalue weighted by Gasteiger charge is -2.28. The van der Waals surface area contributed by atoms with E-state index in [0.29, 0.717) is 25.4 Å². The van der Waals surface area contributed by atoms with E-state index in [-0.39, 0.29) is 0 Å². The maximum absolute atomic E-state index is 5.85. The molecule has 4 heteroatoms. The van der Waals surface area contributed by atoms with Crippen molar-refractivity contribution in [2.75, 3.05) is 26.9 Å². The normalized spacial score (nSPS) is 23.4. The van der Waals surface area contributed by atoms with Gasteiger partial charge in [0.05, 0.1) is 6.10 Å². The van der Waals surface area contributed by atoms with E-state index >= 15 is 0 Å². The Morgan fingerprint density at radius 1 is 1.15 bits per heavy atom. The van der Waals surface area contributed by atoms with E-state index in [1.165, 1.54) is 24.8 Å². The fourth-order valence-electron chi connectivity index (χ4n) is 2.95. The van der Waals surface area contributed by atoms with Crippen LogP contribution in [0.25, 0.3) is 0 Å². The van der Waals surface area contributed by atoms with Crippen LogP contribution < -0.4 is 14.8 Å². The molecule has 4 nitrogen and oxygen atoms in total. The molecule has 1 aromatic rings. The Bertz CT molecular complexity index is 443. The van der Waals surface area contributed by atoms with Crippen LogP contribution in [0.1, 0.15) is 37.3 Å². The SMILES string of the molecule is CNC(CC1CCCCO1)c1ccc2c(c1)OCCO2. The molecule has 1 aromatic carbocycles. The van der Waals surface area contributed by atoms with Crippen LogP contribution in [0.2, 0.25) is 0 Å². The maximum Gasteiger partial charge on any atom is 0.161 e. The van der Waals surface area contributed by atoms with Crippen LogP contribution in [0, 0.1) is 0 Å². The molecule has 2 aliphatic heterocycles. The van der Waals surface area contributed by atoms with Crippen molar-refractivity contribution in [1.82, 2.24) is 5.32 Å². The average molecular weight is 277 g/mol. The van der Waals surface area contributed by atoms with E-state index in [1.807, 2.05) is 13.1 Å². The second kappa shape index (κ2) is 6.46. The number of rotatable bonds is 4. The van der Waals surface area contributed by atoms with Crippen molar-refractivity contribution in [2.24, 2.45) is 0 Å². The van der Waals surface area contributed by atoms with Crippen molar-refractivity contribution in [3.05, 3.63) is 23.8 Å². The summed E-state index contributed by atoms with van der Waals surface area (Å²) in [6.07, 6.45) is 5.03. The molecule has 20 heavy (non-hydrogen) atoms. The van der Waals surface area contributed by atoms with Gasteiger partial charge in [0, 0.05) is 12.6 Å². The number of ether oxygens (including phenoxy) is 3. The summed E-state index contributed by atoms with van der Waals surface area (Å²) in [7, 11) is 2.00. The van der Waals surface area contributed by atoms with Gasteiger partial charge in [-0.25, -0.2) is 0 Å². The molecular weight excluding hydrogens is 254 g/mol. The van der Waals surface area contributed by atoms with E-state index < -0.39 is 0 Å². The molecule has 1 saturated heterocycles. The van der Waals surface area contributed by atoms with Crippen LogP contribution in [-0.4, -0.2) is 33.0 Å². The van der Waals surface area contributed by atoms with Gasteiger partial charge in [-0.05, 0) is 50.4 Å². The lowest BCUT2D eigenvalue weighted by Crippen LogP contribution is -2.27. The Hall–Kier alpha value is -1.26. The number of hydrogen-bond acceptors (Lipinski definition) is 4. The van der Waals surface area contributed by atoms with Gasteiger partial charge >= 0.3 is 0 Å². The van der Waals surface area contributed by atoms with Crippen molar-refractivity contribution in [3.8, 4) is 11.5 Å². The maximum atomic E-state index is 5.85. The molecule has 0 bridgehead atoms. The summed E-state index contributed by atoms with van der Waals surface area (Å²) in [5.41, 5.74) is 1.24. The molecule has 3 rings (SSSR count). The van der Waals surface area contributed by atoms with Gasteiger partial charge in [-0.1, -0.05) is 6.07 Å². The molecule has 0 radical (unpaired) electrons. The quantitative estimate of drug-likeness (QED) is 0.918. The van der Waals surface area contributed by atoms with E-state index in [0.717, 1.165) is 24.5 Å². The highest BCUT2D eigenvalue weighted by Crippen LogP contribution is 2.34. The molecule has 110 valence electrons. The average Bonchev–Trinajstić information content (AvgIpc) is 2.53. The first-order chi connectivity index (χ1) is 9.86. The van der Waals surface area contributed by atoms with E-state index in [2.05, 4.69) is 17.4 Å². The summed E-state index contributed by atoms with van der Waals surface area (Å²) in [4.78, 5) is 0. The largest absolute Gasteiger partial charge is 0.486 e. The molecule has 1 N–H and O–H groups in total. The first-order valence-electron chi connectivity index (χ1n) is 7.55. The highest BCUT2D eigenvalue weighted by atomic mass is 16.6. The molecule has 2 aliphatic rings. The molecule has 0 aromatic heterocycles. The van der Waals surface area contributed by atoms with Crippen LogP contribution in [-0.2, 0) is 4.74 Å². The Kier molecular flexibility index (Phi) is 4.43. The highest BCUT2D eigenvalue weighted by molar-refractivity contribution is 5.44. The van der Waals surface area contributed by atoms with Crippen molar-refractivity contribution < 1.29 is 14.2 Å². The molecule has 0 spiro atoms. The van der Waals surface area contributed by atoms with Crippen molar-refractivity contribution in [1.29, 1.82) is 0 Å². The standard InChI is InChI=1S/C16H23NO3/c1-17-14(11-13-4-2-3-7-18-13)12-5-6-15-16(10-12)20-9-8-19-15/h5-6,10,13-14,17H,2-4,7-9,11H2,1H3. The second-order valence-electron chi connectivity index (χ2n) is 5.47. The summed E-state index contributed by atoms with van der Waals surface area (Å²) in [5, 5.41) is 3.40. The van der Waals surface area contributed by atoms with E-state index in [4.69, 9.17) is 14.2 Å². The first kappa shape index (κ1) is 13.7. The van der Waals surface area contributed by atoms with Gasteiger partial charge in [-0.3, -0.25) is 0 Å². The Morgan fingerprint density at radius 2 is 2.00 bits per heavy atom. The van der Waals surface area contributed by atoms with Gasteiger partial charge in [-0.2, -0.15) is 0 Å². The van der Waals surface area contributed by atoms with Gasteiger partial charge in [0.2, 0.25) is 0 Å². The summed E-state index contributed by atoms with van der Waals surface area (Å²) in [5.74, 6) is 1.71. The lowest BCUT2D eigenvalue weighted by molar-refractivity contribution is 0.00545. The van der Waals surface area contributed by atoms with E-state index in [1.54, 1.807) is 0 Å². The zero-order valence-electron chi connectivity index (χ0n) is 12.1. The Labute approximate surface area is 120 Å². The molecule has 2 heterocycles. The molecule has 2 unspecified atom stereocenters. The van der Waals surface area contributed by atoms with E-state index in [9.17, 15) is 0 Å². The fraction of sp³-hybridized carbons (Fsp3) is 0.625. The van der Waals surface area contributed by atoms with Gasteiger partial charge in [0.1, 0.15) is 13.2 Å². The van der Waals surface area contributed by atoms with Gasteiger partial charge < -0.3 is 19.5 Å². The minimum atomic E-state index is 0.300.